The van der Waals surface area contributed by atoms with Crippen molar-refractivity contribution in [2.45, 2.75) is 65.3 Å². The summed E-state index contributed by atoms with van der Waals surface area (Å²) in [5.41, 5.74) is 2.63. The Hall–Kier alpha value is -1.51. The lowest BCUT2D eigenvalue weighted by atomic mass is 9.98. The van der Waals surface area contributed by atoms with Crippen molar-refractivity contribution in [2.75, 3.05) is 32.8 Å². The maximum absolute atomic E-state index is 12.6. The van der Waals surface area contributed by atoms with Gasteiger partial charge in [0.2, 0.25) is 5.91 Å². The lowest BCUT2D eigenvalue weighted by Crippen LogP contribution is -2.50. The summed E-state index contributed by atoms with van der Waals surface area (Å²) in [6.07, 6.45) is 5.74. The number of halogens is 1. The summed E-state index contributed by atoms with van der Waals surface area (Å²) >= 11 is 0. The van der Waals surface area contributed by atoms with Crippen molar-refractivity contribution in [3.05, 3.63) is 29.3 Å². The fourth-order valence-electron chi connectivity index (χ4n) is 4.35. The van der Waals surface area contributed by atoms with Gasteiger partial charge in [-0.2, -0.15) is 0 Å². The molecule has 1 aromatic rings. The molecule has 0 spiro atoms. The summed E-state index contributed by atoms with van der Waals surface area (Å²) in [6, 6.07) is 6.85. The van der Waals surface area contributed by atoms with E-state index in [1.54, 1.807) is 0 Å². The molecule has 1 amide bonds. The van der Waals surface area contributed by atoms with E-state index in [-0.39, 0.29) is 29.9 Å². The number of carbonyl (C=O) groups excluding carboxylic acids is 1. The van der Waals surface area contributed by atoms with Gasteiger partial charge in [-0.15, -0.1) is 24.0 Å². The van der Waals surface area contributed by atoms with Crippen LogP contribution >= 0.6 is 24.0 Å². The molecule has 0 aliphatic carbocycles. The number of carbonyl (C=O) groups is 1. The molecule has 2 N–H and O–H groups in total. The third kappa shape index (κ3) is 7.26. The Bertz CT molecular complexity index is 728. The molecule has 7 heteroatoms. The maximum atomic E-state index is 12.6. The Morgan fingerprint density at radius 1 is 1.23 bits per heavy atom. The zero-order valence-electron chi connectivity index (χ0n) is 19.3. The van der Waals surface area contributed by atoms with Gasteiger partial charge in [0.1, 0.15) is 5.75 Å². The summed E-state index contributed by atoms with van der Waals surface area (Å²) < 4.78 is 5.59. The van der Waals surface area contributed by atoms with Crippen LogP contribution in [-0.4, -0.2) is 55.6 Å². The molecule has 2 aliphatic rings. The van der Waals surface area contributed by atoms with E-state index in [0.717, 1.165) is 83.0 Å². The molecule has 1 aromatic carbocycles. The second-order valence-corrected chi connectivity index (χ2v) is 8.31. The number of amides is 1. The van der Waals surface area contributed by atoms with Crippen LogP contribution in [0.2, 0.25) is 0 Å². The highest BCUT2D eigenvalue weighted by Gasteiger charge is 2.26. The van der Waals surface area contributed by atoms with Gasteiger partial charge in [-0.05, 0) is 56.2 Å². The summed E-state index contributed by atoms with van der Waals surface area (Å²) in [4.78, 5) is 19.4. The predicted molar refractivity (Wildman–Crippen MR) is 138 cm³/mol. The summed E-state index contributed by atoms with van der Waals surface area (Å²) in [5, 5.41) is 6.95. The van der Waals surface area contributed by atoms with Gasteiger partial charge in [-0.25, -0.2) is 0 Å². The van der Waals surface area contributed by atoms with Crippen LogP contribution in [0.15, 0.2) is 23.2 Å². The molecule has 174 valence electrons. The molecule has 31 heavy (non-hydrogen) atoms. The minimum Gasteiger partial charge on any atom is -0.493 e. The van der Waals surface area contributed by atoms with E-state index in [1.807, 2.05) is 0 Å². The Balaban J connectivity index is 0.00000341. The Morgan fingerprint density at radius 3 is 2.65 bits per heavy atom. The van der Waals surface area contributed by atoms with Gasteiger partial charge in [-0.1, -0.05) is 26.0 Å². The molecule has 0 aromatic heterocycles. The molecule has 3 rings (SSSR count). The normalized spacial score (nSPS) is 16.5. The monoisotopic (exact) mass is 542 g/mol. The minimum atomic E-state index is 0. The van der Waals surface area contributed by atoms with Crippen molar-refractivity contribution in [1.29, 1.82) is 0 Å². The number of nitrogens with one attached hydrogen (secondary N) is 2. The Morgan fingerprint density at radius 2 is 1.97 bits per heavy atom. The highest BCUT2D eigenvalue weighted by Crippen LogP contribution is 2.26. The molecule has 0 saturated carbocycles. The third-order valence-corrected chi connectivity index (χ3v) is 6.25. The molecule has 0 atom stereocenters. The number of piperidine rings is 1. The third-order valence-electron chi connectivity index (χ3n) is 6.25. The maximum Gasteiger partial charge on any atom is 0.225 e. The first kappa shape index (κ1) is 25.7. The SMILES string of the molecule is CCNC(=NCCc1ccc2c(c1)CCO2)NC1CCN(C(=O)C(CC)CC)CC1.I. The van der Waals surface area contributed by atoms with E-state index in [4.69, 9.17) is 9.73 Å². The Labute approximate surface area is 204 Å². The van der Waals surface area contributed by atoms with Crippen molar-refractivity contribution < 1.29 is 9.53 Å². The number of likely N-dealkylation sites (tertiary alicyclic amines) is 1. The van der Waals surface area contributed by atoms with E-state index in [2.05, 4.69) is 54.5 Å². The van der Waals surface area contributed by atoms with Gasteiger partial charge in [0.15, 0.2) is 5.96 Å². The zero-order valence-corrected chi connectivity index (χ0v) is 21.6. The molecule has 0 radical (unpaired) electrons. The molecule has 2 aliphatic heterocycles. The quantitative estimate of drug-likeness (QED) is 0.298. The summed E-state index contributed by atoms with van der Waals surface area (Å²) in [7, 11) is 0. The van der Waals surface area contributed by atoms with Gasteiger partial charge >= 0.3 is 0 Å². The largest absolute Gasteiger partial charge is 0.493 e. The Kier molecular flexibility index (Phi) is 10.9. The number of nitrogens with zero attached hydrogens (tertiary/aromatic N) is 2. The lowest BCUT2D eigenvalue weighted by molar-refractivity contribution is -0.136. The molecule has 6 nitrogen and oxygen atoms in total. The zero-order chi connectivity index (χ0) is 21.3. The van der Waals surface area contributed by atoms with Crippen molar-refractivity contribution in [1.82, 2.24) is 15.5 Å². The van der Waals surface area contributed by atoms with Gasteiger partial charge in [0, 0.05) is 44.6 Å². The number of benzene rings is 1. The van der Waals surface area contributed by atoms with Crippen molar-refractivity contribution >= 4 is 35.8 Å². The van der Waals surface area contributed by atoms with Crippen LogP contribution in [-0.2, 0) is 17.6 Å². The van der Waals surface area contributed by atoms with Crippen LogP contribution < -0.4 is 15.4 Å². The fourth-order valence-corrected chi connectivity index (χ4v) is 4.35. The van der Waals surface area contributed by atoms with Gasteiger partial charge in [-0.3, -0.25) is 9.79 Å². The van der Waals surface area contributed by atoms with Crippen molar-refractivity contribution in [3.8, 4) is 5.75 Å². The number of rotatable bonds is 8. The number of hydrogen-bond acceptors (Lipinski definition) is 3. The average Bonchev–Trinajstić information content (AvgIpc) is 3.23. The summed E-state index contributed by atoms with van der Waals surface area (Å²) in [6.45, 7) is 10.4. The van der Waals surface area contributed by atoms with E-state index in [1.165, 1.54) is 11.1 Å². The molecule has 0 bridgehead atoms. The first-order valence-corrected chi connectivity index (χ1v) is 11.7. The second kappa shape index (κ2) is 13.1. The smallest absolute Gasteiger partial charge is 0.225 e. The number of ether oxygens (including phenoxy) is 1. The van der Waals surface area contributed by atoms with E-state index < -0.39 is 0 Å². The molecular formula is C24H39IN4O2. The van der Waals surface area contributed by atoms with Crippen LogP contribution in [0, 0.1) is 5.92 Å². The van der Waals surface area contributed by atoms with Gasteiger partial charge in [0.25, 0.3) is 0 Å². The molecule has 1 saturated heterocycles. The van der Waals surface area contributed by atoms with Gasteiger partial charge in [0.05, 0.1) is 6.61 Å². The fraction of sp³-hybridized carbons (Fsp3) is 0.667. The number of hydrogen-bond donors (Lipinski definition) is 2. The highest BCUT2D eigenvalue weighted by atomic mass is 127. The topological polar surface area (TPSA) is 66.0 Å². The van der Waals surface area contributed by atoms with E-state index >= 15 is 0 Å². The van der Waals surface area contributed by atoms with E-state index in [0.29, 0.717) is 11.9 Å². The average molecular weight is 543 g/mol. The standard InChI is InChI=1S/C24H38N4O2.HI/c1-4-19(5-2)23(29)28-14-10-21(11-15-28)27-24(25-6-3)26-13-9-18-7-8-22-20(17-18)12-16-30-22;/h7-8,17,19,21H,4-6,9-16H2,1-3H3,(H2,25,26,27);1H. The van der Waals surface area contributed by atoms with Crippen LogP contribution in [0.25, 0.3) is 0 Å². The van der Waals surface area contributed by atoms with Crippen molar-refractivity contribution in [3.63, 3.8) is 0 Å². The second-order valence-electron chi connectivity index (χ2n) is 8.31. The molecule has 2 heterocycles. The minimum absolute atomic E-state index is 0. The van der Waals surface area contributed by atoms with E-state index in [9.17, 15) is 4.79 Å². The lowest BCUT2D eigenvalue weighted by Gasteiger charge is -2.34. The van der Waals surface area contributed by atoms with Crippen LogP contribution in [0.4, 0.5) is 0 Å². The molecular weight excluding hydrogens is 503 g/mol. The van der Waals surface area contributed by atoms with Crippen molar-refractivity contribution in [2.24, 2.45) is 10.9 Å². The van der Waals surface area contributed by atoms with Crippen LogP contribution in [0.1, 0.15) is 57.6 Å². The molecule has 1 fully saturated rings. The predicted octanol–water partition coefficient (Wildman–Crippen LogP) is 3.76. The first-order chi connectivity index (χ1) is 14.6. The first-order valence-electron chi connectivity index (χ1n) is 11.7. The number of guanidine groups is 1. The number of fused-ring (bicyclic) bond motifs is 1. The molecule has 0 unspecified atom stereocenters. The van der Waals surface area contributed by atoms with Gasteiger partial charge < -0.3 is 20.3 Å². The summed E-state index contributed by atoms with van der Waals surface area (Å²) in [5.74, 6) is 2.43. The number of aliphatic imine (C=N–C) groups is 1. The van der Waals surface area contributed by atoms with Crippen LogP contribution in [0.3, 0.4) is 0 Å². The van der Waals surface area contributed by atoms with Crippen LogP contribution in [0.5, 0.6) is 5.75 Å². The highest BCUT2D eigenvalue weighted by molar-refractivity contribution is 14.0.